The molecule has 20 nitrogen and oxygen atoms in total. The second-order valence-corrected chi connectivity index (χ2v) is 34.6. The van der Waals surface area contributed by atoms with E-state index in [1.807, 2.05) is 245 Å². The minimum absolute atomic E-state index is 0.0241. The van der Waals surface area contributed by atoms with Gasteiger partial charge < -0.3 is 40.0 Å². The number of hydrogen-bond acceptors (Lipinski definition) is 15. The Bertz CT molecular complexity index is 4960. The minimum atomic E-state index is -0.340. The zero-order valence-corrected chi connectivity index (χ0v) is 78.7. The van der Waals surface area contributed by atoms with Crippen LogP contribution in [0.5, 0.6) is 0 Å². The molecule has 0 radical (unpaired) electrons. The zero-order valence-electron chi connectivity index (χ0n) is 78.7. The number of Topliss-reactive ketones (excluding diaryl/α,β-unsaturated/α-hetero) is 3. The maximum Gasteiger partial charge on any atom is 0.278 e. The molecule has 21 heteroatoms. The molecule has 10 aromatic rings. The van der Waals surface area contributed by atoms with Gasteiger partial charge in [-0.25, -0.2) is 9.37 Å². The van der Waals surface area contributed by atoms with Gasteiger partial charge in [0.15, 0.2) is 5.78 Å². The predicted molar refractivity (Wildman–Crippen MR) is 517 cm³/mol. The summed E-state index contributed by atoms with van der Waals surface area (Å²) in [4.78, 5) is 123. The van der Waals surface area contributed by atoms with E-state index in [1.54, 1.807) is 57.8 Å². The van der Waals surface area contributed by atoms with Crippen molar-refractivity contribution in [3.63, 3.8) is 0 Å². The molecule has 676 valence electrons. The van der Waals surface area contributed by atoms with Crippen LogP contribution in [0, 0.1) is 23.6 Å². The van der Waals surface area contributed by atoms with Crippen LogP contribution in [0.15, 0.2) is 238 Å². The number of rotatable bonds is 21. The van der Waals surface area contributed by atoms with Crippen LogP contribution in [-0.4, -0.2) is 150 Å². The normalized spacial score (nSPS) is 12.3. The molecule has 0 saturated heterocycles. The molecule has 3 aromatic heterocycles. The lowest BCUT2D eigenvalue weighted by atomic mass is 9.99. The van der Waals surface area contributed by atoms with Gasteiger partial charge in [0.2, 0.25) is 0 Å². The van der Waals surface area contributed by atoms with Crippen LogP contribution in [0.1, 0.15) is 239 Å². The summed E-state index contributed by atoms with van der Waals surface area (Å²) in [7, 11) is 8.22. The highest BCUT2D eigenvalue weighted by atomic mass is 19.1. The number of halogens is 1. The van der Waals surface area contributed by atoms with Crippen molar-refractivity contribution in [2.75, 3.05) is 72.3 Å². The van der Waals surface area contributed by atoms with Crippen molar-refractivity contribution < 1.29 is 42.7 Å². The highest BCUT2D eigenvalue weighted by molar-refractivity contribution is 6.07. The lowest BCUT2D eigenvalue weighted by molar-refractivity contribution is -0.122. The Labute approximate surface area is 755 Å². The van der Waals surface area contributed by atoms with E-state index >= 15 is 0 Å². The summed E-state index contributed by atoms with van der Waals surface area (Å²) in [5.74, 6) is 1.04. The van der Waals surface area contributed by atoms with Crippen LogP contribution in [0.25, 0.3) is 0 Å². The minimum Gasteiger partial charge on any atom is -0.374 e. The molecule has 0 spiro atoms. The summed E-state index contributed by atoms with van der Waals surface area (Å²) < 4.78 is 12.9. The average molecular weight is 1730 g/mol. The largest absolute Gasteiger partial charge is 0.374 e. The quantitative estimate of drug-likeness (QED) is 0.0637. The van der Waals surface area contributed by atoms with Gasteiger partial charge in [-0.15, -0.1) is 0 Å². The van der Waals surface area contributed by atoms with Crippen LogP contribution >= 0.6 is 0 Å². The Kier molecular flexibility index (Phi) is 43.8. The van der Waals surface area contributed by atoms with Crippen LogP contribution in [-0.2, 0) is 41.7 Å². The van der Waals surface area contributed by atoms with Crippen LogP contribution in [0.2, 0.25) is 0 Å². The third kappa shape index (κ3) is 35.2. The number of aromatic nitrogens is 4. The number of nitrogens with zero attached hydrogens (tertiary/aromatic N) is 10. The summed E-state index contributed by atoms with van der Waals surface area (Å²) >= 11 is 0. The Morgan fingerprint density at radius 3 is 1.17 bits per heavy atom. The Morgan fingerprint density at radius 2 is 0.772 bits per heavy atom. The molecule has 3 aliphatic heterocycles. The monoisotopic (exact) mass is 1730 g/mol. The number of ketones is 3. The van der Waals surface area contributed by atoms with Gasteiger partial charge in [-0.05, 0) is 282 Å². The summed E-state index contributed by atoms with van der Waals surface area (Å²) in [5.41, 5.74) is 15.5. The third-order valence-corrected chi connectivity index (χ3v) is 21.1. The lowest BCUT2D eigenvalue weighted by Crippen LogP contribution is -2.37. The first-order chi connectivity index (χ1) is 60.5. The highest BCUT2D eigenvalue weighted by Gasteiger charge is 2.25. The second-order valence-electron chi connectivity index (χ2n) is 34.6. The van der Waals surface area contributed by atoms with Crippen molar-refractivity contribution in [1.29, 1.82) is 0 Å². The zero-order chi connectivity index (χ0) is 93.2. The van der Waals surface area contributed by atoms with Gasteiger partial charge >= 0.3 is 0 Å². The van der Waals surface area contributed by atoms with Gasteiger partial charge in [0.05, 0.1) is 6.20 Å². The molecule has 2 N–H and O–H groups in total. The van der Waals surface area contributed by atoms with Gasteiger partial charge in [-0.2, -0.15) is 0 Å². The molecule has 6 heterocycles. The van der Waals surface area contributed by atoms with Gasteiger partial charge in [-0.3, -0.25) is 53.3 Å². The van der Waals surface area contributed by atoms with E-state index in [9.17, 15) is 42.7 Å². The molecular formula is C106H137FN12O8. The number of fused-ring (bicyclic) bond motifs is 3. The number of hydrogen-bond donors (Lipinski definition) is 2. The SMILES string of the molecule is CC(C)C(=O)Cc1ccccc1.CC(C)C(=O)Cc1ccncc1.CC(C)CC(=O)c1ccncc1.CC(C)N(C(=O)c1ccc(F)cc1)c1ccccc1.CC(C)N(C(=O)c1cnccn1)c1ccccc1.CC(C)N(C)C(=O)c1ccc2c(c1)CCCCN2C.CC(C)NC(=O)c1ccc2c(c1)CCCCN2C.CC(C)NC(=O)c1ccc2c(c1)CCCN2C. The van der Waals surface area contributed by atoms with E-state index in [2.05, 4.69) is 96.7 Å². The van der Waals surface area contributed by atoms with Gasteiger partial charge in [0.1, 0.15) is 23.1 Å². The first-order valence-electron chi connectivity index (χ1n) is 44.7. The van der Waals surface area contributed by atoms with E-state index < -0.39 is 0 Å². The number of para-hydroxylation sites is 2. The lowest BCUT2D eigenvalue weighted by Gasteiger charge is -2.27. The molecule has 7 aromatic carbocycles. The molecular weight excluding hydrogens is 1590 g/mol. The standard InChI is InChI=1S/C16H16FNO.C16H24N2O.C15H22N2O.C14H15N3O.C14H20N2O.C11H14O.2C10H13NO/c1-12(2)18(15-6-4-3-5-7-15)16(19)13-8-10-14(17)11-9-13;1-12(2)18(4)16(19)14-8-9-15-13(11-14)7-5-6-10-17(15)3;1-11(2)16-15(18)13-7-8-14-12(10-13)6-4-5-9-17(14)3;1-11(2)17(12-6-4-3-5-7-12)14(18)13-10-15-8-9-16-13;1-10(2)15-14(17)12-6-7-13-11(9-12)5-4-8-16(13)3;1-9(2)11(12)8-10-6-4-3-5-7-10;1-8(2)10(12)7-9-3-5-11-6-4-9;1-8(2)7-10(12)9-3-5-11-6-4-9/h3-12H,1-2H3;8-9,11-12H,5-7,10H2,1-4H3;7-8,10-11H,4-6,9H2,1-3H3,(H,16,18);3-11H,1-2H3;6-7,9-10H,4-5,8H2,1-3H3,(H,15,17);3-7,9H,8H2,1-2H3;2*3-6,8H,7H2,1-2H3. The van der Waals surface area contributed by atoms with E-state index in [0.29, 0.717) is 42.2 Å². The van der Waals surface area contributed by atoms with E-state index in [0.717, 1.165) is 83.7 Å². The van der Waals surface area contributed by atoms with Crippen molar-refractivity contribution in [1.82, 2.24) is 35.5 Å². The fourth-order valence-corrected chi connectivity index (χ4v) is 13.9. The first-order valence-corrected chi connectivity index (χ1v) is 44.7. The highest BCUT2D eigenvalue weighted by Crippen LogP contribution is 2.31. The number of anilines is 5. The summed E-state index contributed by atoms with van der Waals surface area (Å²) in [6.07, 6.45) is 22.2. The third-order valence-electron chi connectivity index (χ3n) is 21.1. The number of carbonyl (C=O) groups excluding carboxylic acids is 8. The predicted octanol–water partition coefficient (Wildman–Crippen LogP) is 20.8. The fourth-order valence-electron chi connectivity index (χ4n) is 13.9. The van der Waals surface area contributed by atoms with Crippen molar-refractivity contribution in [3.8, 4) is 0 Å². The molecule has 0 bridgehead atoms. The average Bonchev–Trinajstić information content (AvgIpc) is 1.62. The topological polar surface area (TPSA) is 232 Å². The molecule has 0 saturated carbocycles. The summed E-state index contributed by atoms with van der Waals surface area (Å²) in [6, 6.07) is 60.7. The second kappa shape index (κ2) is 53.8. The smallest absolute Gasteiger partial charge is 0.278 e. The molecule has 0 atom stereocenters. The van der Waals surface area contributed by atoms with Crippen molar-refractivity contribution in [2.24, 2.45) is 17.8 Å². The molecule has 0 fully saturated rings. The van der Waals surface area contributed by atoms with Gasteiger partial charge in [0, 0.05) is 203 Å². The van der Waals surface area contributed by atoms with E-state index in [-0.39, 0.29) is 89.0 Å². The van der Waals surface area contributed by atoms with E-state index in [4.69, 9.17) is 0 Å². The Morgan fingerprint density at radius 1 is 0.386 bits per heavy atom. The number of benzene rings is 7. The summed E-state index contributed by atoms with van der Waals surface area (Å²) in [5, 5.41) is 5.86. The van der Waals surface area contributed by atoms with Crippen LogP contribution in [0.4, 0.5) is 32.8 Å². The number of nitrogens with one attached hydrogen (secondary N) is 2. The van der Waals surface area contributed by atoms with Gasteiger partial charge in [0.25, 0.3) is 29.5 Å². The number of amides is 5. The number of pyridine rings is 2. The maximum absolute atomic E-state index is 12.9. The Balaban J connectivity index is 0.000000225. The van der Waals surface area contributed by atoms with Gasteiger partial charge in [-0.1, -0.05) is 108 Å². The molecule has 5 amide bonds. The number of aryl methyl sites for hydroxylation is 3. The summed E-state index contributed by atoms with van der Waals surface area (Å²) in [6.45, 7) is 34.9. The van der Waals surface area contributed by atoms with Crippen LogP contribution in [0.3, 0.4) is 0 Å². The number of carbonyl (C=O) groups is 8. The van der Waals surface area contributed by atoms with Crippen molar-refractivity contribution >= 4 is 75.3 Å². The molecule has 0 aliphatic carbocycles. The fraction of sp³-hybridized carbons (Fsp3) is 0.396. The Hall–Kier alpha value is -12.4. The first kappa shape index (κ1) is 103. The molecule has 13 rings (SSSR count). The van der Waals surface area contributed by atoms with Crippen LogP contribution < -0.4 is 35.1 Å². The van der Waals surface area contributed by atoms with Crippen molar-refractivity contribution in [3.05, 3.63) is 305 Å². The van der Waals surface area contributed by atoms with E-state index in [1.165, 1.54) is 103 Å². The molecule has 0 unspecified atom stereocenters. The molecule has 3 aliphatic rings. The van der Waals surface area contributed by atoms with Crippen molar-refractivity contribution in [2.45, 2.75) is 212 Å². The molecule has 127 heavy (non-hydrogen) atoms. The maximum atomic E-state index is 12.9.